The molecule has 0 heterocycles. The van der Waals surface area contributed by atoms with Crippen LogP contribution in [0.25, 0.3) is 0 Å². The Bertz CT molecular complexity index is 753. The molecule has 7 heteroatoms. The van der Waals surface area contributed by atoms with Gasteiger partial charge in [0.1, 0.15) is 17.3 Å². The molecule has 2 N–H and O–H groups in total. The van der Waals surface area contributed by atoms with Crippen LogP contribution in [0.4, 0.5) is 0 Å². The van der Waals surface area contributed by atoms with Crippen LogP contribution in [0.15, 0.2) is 47.4 Å². The summed E-state index contributed by atoms with van der Waals surface area (Å²) < 4.78 is 37.3. The van der Waals surface area contributed by atoms with Gasteiger partial charge in [0.15, 0.2) is 22.6 Å². The molecule has 2 atom stereocenters. The van der Waals surface area contributed by atoms with Gasteiger partial charge in [-0.05, 0) is 50.1 Å². The summed E-state index contributed by atoms with van der Waals surface area (Å²) in [5, 5.41) is 3.39. The second kappa shape index (κ2) is 10.9. The number of hydrogen-bond donors (Lipinski definition) is 2. The Morgan fingerprint density at radius 2 is 1.81 bits per heavy atom. The highest BCUT2D eigenvalue weighted by atomic mass is 32.2. The molecule has 0 amide bonds. The molecular formula is C20H27NO5S. The number of para-hydroxylation sites is 2. The first-order valence-electron chi connectivity index (χ1n) is 8.91. The molecule has 2 aromatic carbocycles. The van der Waals surface area contributed by atoms with Crippen LogP contribution in [-0.4, -0.2) is 41.7 Å². The maximum absolute atomic E-state index is 11.4. The molecule has 0 spiro atoms. The largest absolute Gasteiger partial charge is 0.495 e. The molecule has 0 saturated heterocycles. The van der Waals surface area contributed by atoms with Crippen molar-refractivity contribution in [2.24, 2.45) is 0 Å². The van der Waals surface area contributed by atoms with E-state index in [1.807, 2.05) is 37.3 Å². The summed E-state index contributed by atoms with van der Waals surface area (Å²) >= 11 is -2.07. The standard InChI is InChI=1S/C20H27NO5S/c1-4-25-17-7-5-6-8-18(17)26-12-11-21-15(2)13-16-9-10-19(24-3)20(14-16)27(22)23/h5-10,14-15,21H,4,11-13H2,1-3H3,(H,22,23). The quantitative estimate of drug-likeness (QED) is 0.451. The summed E-state index contributed by atoms with van der Waals surface area (Å²) in [7, 11) is 1.49. The smallest absolute Gasteiger partial charge is 0.190 e. The van der Waals surface area contributed by atoms with Crippen LogP contribution >= 0.6 is 0 Å². The van der Waals surface area contributed by atoms with E-state index in [0.29, 0.717) is 25.5 Å². The maximum atomic E-state index is 11.4. The number of benzene rings is 2. The van der Waals surface area contributed by atoms with E-state index < -0.39 is 11.1 Å². The molecule has 0 aliphatic rings. The highest BCUT2D eigenvalue weighted by Crippen LogP contribution is 2.26. The first-order valence-corrected chi connectivity index (χ1v) is 10.0. The van der Waals surface area contributed by atoms with Gasteiger partial charge < -0.3 is 24.1 Å². The zero-order chi connectivity index (χ0) is 19.6. The van der Waals surface area contributed by atoms with Crippen molar-refractivity contribution < 1.29 is 23.0 Å². The van der Waals surface area contributed by atoms with Crippen LogP contribution < -0.4 is 19.5 Å². The highest BCUT2D eigenvalue weighted by molar-refractivity contribution is 7.79. The molecule has 148 valence electrons. The third-order valence-electron chi connectivity index (χ3n) is 3.96. The third kappa shape index (κ3) is 6.53. The van der Waals surface area contributed by atoms with E-state index in [-0.39, 0.29) is 10.9 Å². The lowest BCUT2D eigenvalue weighted by atomic mass is 10.1. The van der Waals surface area contributed by atoms with Crippen molar-refractivity contribution in [1.29, 1.82) is 0 Å². The van der Waals surface area contributed by atoms with Crippen LogP contribution in [0, 0.1) is 0 Å². The predicted molar refractivity (Wildman–Crippen MR) is 106 cm³/mol. The van der Waals surface area contributed by atoms with Gasteiger partial charge in [0.05, 0.1) is 13.7 Å². The van der Waals surface area contributed by atoms with E-state index in [2.05, 4.69) is 12.2 Å². The van der Waals surface area contributed by atoms with E-state index in [0.717, 1.165) is 23.5 Å². The van der Waals surface area contributed by atoms with Gasteiger partial charge in [0.2, 0.25) is 0 Å². The predicted octanol–water partition coefficient (Wildman–Crippen LogP) is 3.27. The van der Waals surface area contributed by atoms with Crippen LogP contribution in [0.5, 0.6) is 17.2 Å². The molecule has 0 saturated carbocycles. The lowest BCUT2D eigenvalue weighted by Gasteiger charge is -2.16. The number of hydrogen-bond acceptors (Lipinski definition) is 5. The topological polar surface area (TPSA) is 77.0 Å². The second-order valence-corrected chi connectivity index (χ2v) is 6.96. The minimum atomic E-state index is -2.07. The fourth-order valence-corrected chi connectivity index (χ4v) is 3.30. The highest BCUT2D eigenvalue weighted by Gasteiger charge is 2.11. The van der Waals surface area contributed by atoms with E-state index in [1.54, 1.807) is 12.1 Å². The van der Waals surface area contributed by atoms with Crippen molar-refractivity contribution in [2.45, 2.75) is 31.2 Å². The minimum Gasteiger partial charge on any atom is -0.495 e. The summed E-state index contributed by atoms with van der Waals surface area (Å²) in [6.07, 6.45) is 0.726. The van der Waals surface area contributed by atoms with Gasteiger partial charge in [-0.3, -0.25) is 0 Å². The Morgan fingerprint density at radius 1 is 1.11 bits per heavy atom. The molecule has 0 aliphatic carbocycles. The fraction of sp³-hybridized carbons (Fsp3) is 0.400. The van der Waals surface area contributed by atoms with E-state index in [4.69, 9.17) is 14.2 Å². The zero-order valence-corrected chi connectivity index (χ0v) is 16.8. The third-order valence-corrected chi connectivity index (χ3v) is 4.65. The number of nitrogens with one attached hydrogen (secondary N) is 1. The lowest BCUT2D eigenvalue weighted by Crippen LogP contribution is -2.31. The molecule has 6 nitrogen and oxygen atoms in total. The van der Waals surface area contributed by atoms with Crippen LogP contribution in [0.2, 0.25) is 0 Å². The van der Waals surface area contributed by atoms with Crippen molar-refractivity contribution in [1.82, 2.24) is 5.32 Å². The summed E-state index contributed by atoms with van der Waals surface area (Å²) in [5.41, 5.74) is 0.968. The SMILES string of the molecule is CCOc1ccccc1OCCNC(C)Cc1ccc(OC)c(S(=O)O)c1. The Labute approximate surface area is 163 Å². The van der Waals surface area contributed by atoms with Crippen molar-refractivity contribution >= 4 is 11.1 Å². The summed E-state index contributed by atoms with van der Waals surface area (Å²) in [6, 6.07) is 13.1. The molecule has 27 heavy (non-hydrogen) atoms. The Hall–Kier alpha value is -2.09. The summed E-state index contributed by atoms with van der Waals surface area (Å²) in [4.78, 5) is 0.290. The first-order chi connectivity index (χ1) is 13.0. The number of rotatable bonds is 11. The van der Waals surface area contributed by atoms with Crippen LogP contribution in [-0.2, 0) is 17.5 Å². The molecule has 2 unspecified atom stereocenters. The van der Waals surface area contributed by atoms with E-state index in [9.17, 15) is 8.76 Å². The van der Waals surface area contributed by atoms with Crippen molar-refractivity contribution in [3.63, 3.8) is 0 Å². The molecule has 0 bridgehead atoms. The van der Waals surface area contributed by atoms with Gasteiger partial charge >= 0.3 is 0 Å². The van der Waals surface area contributed by atoms with Crippen LogP contribution in [0.3, 0.4) is 0 Å². The van der Waals surface area contributed by atoms with Crippen LogP contribution in [0.1, 0.15) is 19.4 Å². The molecule has 0 radical (unpaired) electrons. The number of methoxy groups -OCH3 is 1. The fourth-order valence-electron chi connectivity index (χ4n) is 2.72. The molecule has 0 fully saturated rings. The first kappa shape index (κ1) is 21.2. The van der Waals surface area contributed by atoms with Gasteiger partial charge in [0, 0.05) is 12.6 Å². The van der Waals surface area contributed by atoms with Gasteiger partial charge in [-0.15, -0.1) is 0 Å². The van der Waals surface area contributed by atoms with Gasteiger partial charge in [-0.25, -0.2) is 4.21 Å². The lowest BCUT2D eigenvalue weighted by molar-refractivity contribution is 0.272. The van der Waals surface area contributed by atoms with E-state index >= 15 is 0 Å². The maximum Gasteiger partial charge on any atom is 0.190 e. The van der Waals surface area contributed by atoms with E-state index in [1.165, 1.54) is 7.11 Å². The molecular weight excluding hydrogens is 366 g/mol. The zero-order valence-electron chi connectivity index (χ0n) is 15.9. The normalized spacial score (nSPS) is 13.0. The average Bonchev–Trinajstić information content (AvgIpc) is 2.66. The number of ether oxygens (including phenoxy) is 3. The second-order valence-electron chi connectivity index (χ2n) is 6.02. The summed E-state index contributed by atoms with van der Waals surface area (Å²) in [6.45, 7) is 5.79. The van der Waals surface area contributed by atoms with Crippen molar-refractivity contribution in [3.8, 4) is 17.2 Å². The Morgan fingerprint density at radius 3 is 2.44 bits per heavy atom. The van der Waals surface area contributed by atoms with Gasteiger partial charge in [0.25, 0.3) is 0 Å². The Kier molecular flexibility index (Phi) is 8.57. The monoisotopic (exact) mass is 393 g/mol. The van der Waals surface area contributed by atoms with Crippen molar-refractivity contribution in [2.75, 3.05) is 26.9 Å². The molecule has 2 rings (SSSR count). The minimum absolute atomic E-state index is 0.184. The Balaban J connectivity index is 1.82. The molecule has 0 aromatic heterocycles. The molecule has 0 aliphatic heterocycles. The molecule has 2 aromatic rings. The van der Waals surface area contributed by atoms with Gasteiger partial charge in [-0.1, -0.05) is 18.2 Å². The van der Waals surface area contributed by atoms with Crippen molar-refractivity contribution in [3.05, 3.63) is 48.0 Å². The summed E-state index contributed by atoms with van der Waals surface area (Å²) in [5.74, 6) is 1.90. The van der Waals surface area contributed by atoms with Gasteiger partial charge in [-0.2, -0.15) is 0 Å². The average molecular weight is 394 g/mol.